The van der Waals surface area contributed by atoms with Crippen LogP contribution >= 0.6 is 0 Å². The van der Waals surface area contributed by atoms with Crippen molar-refractivity contribution in [3.63, 3.8) is 0 Å². The number of nitrogens with one attached hydrogen (secondary N) is 1. The predicted octanol–water partition coefficient (Wildman–Crippen LogP) is 0.910. The molecule has 1 N–H and O–H groups in total. The van der Waals surface area contributed by atoms with E-state index in [0.717, 1.165) is 38.4 Å². The van der Waals surface area contributed by atoms with Crippen LogP contribution in [-0.4, -0.2) is 80.3 Å². The average Bonchev–Trinajstić information content (AvgIpc) is 3.07. The normalized spacial score (nSPS) is 22.9. The summed E-state index contributed by atoms with van der Waals surface area (Å²) in [5.74, 6) is 1.37. The fourth-order valence-corrected chi connectivity index (χ4v) is 3.79. The van der Waals surface area contributed by atoms with Gasteiger partial charge in [0.1, 0.15) is 13.2 Å². The number of piperazine rings is 1. The molecule has 3 heterocycles. The van der Waals surface area contributed by atoms with Crippen molar-refractivity contribution in [2.45, 2.75) is 19.4 Å². The van der Waals surface area contributed by atoms with E-state index in [-0.39, 0.29) is 18.0 Å². The second kappa shape index (κ2) is 7.64. The maximum Gasteiger partial charge on any atom is 0.317 e. The van der Waals surface area contributed by atoms with E-state index in [4.69, 9.17) is 9.47 Å². The highest BCUT2D eigenvalue weighted by Gasteiger charge is 2.33. The lowest BCUT2D eigenvalue weighted by Gasteiger charge is -2.34. The van der Waals surface area contributed by atoms with Gasteiger partial charge in [-0.2, -0.15) is 0 Å². The molecule has 146 valence electrons. The molecule has 1 aromatic rings. The smallest absolute Gasteiger partial charge is 0.317 e. The topological polar surface area (TPSA) is 74.4 Å². The van der Waals surface area contributed by atoms with Gasteiger partial charge in [0.2, 0.25) is 5.91 Å². The lowest BCUT2D eigenvalue weighted by Crippen LogP contribution is -2.53. The number of fused-ring (bicyclic) bond motifs is 1. The molecule has 3 amide bonds. The zero-order valence-corrected chi connectivity index (χ0v) is 15.6. The molecule has 0 radical (unpaired) electrons. The predicted molar refractivity (Wildman–Crippen MR) is 100 cm³/mol. The number of anilines is 1. The lowest BCUT2D eigenvalue weighted by atomic mass is 10.2. The summed E-state index contributed by atoms with van der Waals surface area (Å²) in [5.41, 5.74) is 0.776. The number of rotatable bonds is 3. The Bertz CT molecular complexity index is 718. The van der Waals surface area contributed by atoms with Crippen molar-refractivity contribution in [2.75, 3.05) is 57.4 Å². The maximum atomic E-state index is 12.5. The molecule has 0 saturated carbocycles. The van der Waals surface area contributed by atoms with E-state index in [9.17, 15) is 9.59 Å². The van der Waals surface area contributed by atoms with E-state index in [1.54, 1.807) is 4.90 Å². The number of ether oxygens (including phenoxy) is 2. The van der Waals surface area contributed by atoms with Gasteiger partial charge in [0.05, 0.1) is 6.04 Å². The van der Waals surface area contributed by atoms with Crippen molar-refractivity contribution in [1.29, 1.82) is 0 Å². The molecule has 0 aromatic heterocycles. The first-order valence-corrected chi connectivity index (χ1v) is 9.62. The summed E-state index contributed by atoms with van der Waals surface area (Å²) in [6.45, 7) is 7.92. The van der Waals surface area contributed by atoms with Crippen LogP contribution in [0.5, 0.6) is 11.5 Å². The molecule has 8 heteroatoms. The molecule has 3 aliphatic heterocycles. The fraction of sp³-hybridized carbons (Fsp3) is 0.579. The Morgan fingerprint density at radius 3 is 2.63 bits per heavy atom. The van der Waals surface area contributed by atoms with Crippen LogP contribution in [0.25, 0.3) is 0 Å². The summed E-state index contributed by atoms with van der Waals surface area (Å²) in [6, 6.07) is 5.27. The lowest BCUT2D eigenvalue weighted by molar-refractivity contribution is -0.117. The number of hydrogen-bond acceptors (Lipinski definition) is 5. The highest BCUT2D eigenvalue weighted by Crippen LogP contribution is 2.35. The Kier molecular flexibility index (Phi) is 5.07. The molecule has 2 fully saturated rings. The van der Waals surface area contributed by atoms with Crippen LogP contribution in [0.2, 0.25) is 0 Å². The second-order valence-electron chi connectivity index (χ2n) is 7.10. The first-order chi connectivity index (χ1) is 13.1. The van der Waals surface area contributed by atoms with Crippen molar-refractivity contribution < 1.29 is 19.1 Å². The summed E-state index contributed by atoms with van der Waals surface area (Å²) in [5, 5.41) is 3.02. The van der Waals surface area contributed by atoms with Gasteiger partial charge in [-0.1, -0.05) is 6.92 Å². The van der Waals surface area contributed by atoms with Gasteiger partial charge in [-0.3, -0.25) is 4.79 Å². The van der Waals surface area contributed by atoms with Gasteiger partial charge >= 0.3 is 6.03 Å². The van der Waals surface area contributed by atoms with Gasteiger partial charge in [0.15, 0.2) is 11.5 Å². The first-order valence-electron chi connectivity index (χ1n) is 9.62. The minimum Gasteiger partial charge on any atom is -0.486 e. The van der Waals surface area contributed by atoms with Crippen LogP contribution < -0.4 is 19.7 Å². The van der Waals surface area contributed by atoms with Crippen molar-refractivity contribution in [1.82, 2.24) is 15.1 Å². The second-order valence-corrected chi connectivity index (χ2v) is 7.10. The van der Waals surface area contributed by atoms with Crippen LogP contribution in [0, 0.1) is 0 Å². The summed E-state index contributed by atoms with van der Waals surface area (Å²) in [4.78, 5) is 30.9. The monoisotopic (exact) mass is 374 g/mol. The Hall–Kier alpha value is -2.48. The zero-order valence-electron chi connectivity index (χ0n) is 15.6. The number of carbonyl (C=O) groups is 2. The molecule has 0 bridgehead atoms. The van der Waals surface area contributed by atoms with Crippen LogP contribution in [-0.2, 0) is 4.79 Å². The van der Waals surface area contributed by atoms with Crippen molar-refractivity contribution in [3.8, 4) is 11.5 Å². The molecule has 1 atom stereocenters. The Morgan fingerprint density at radius 2 is 1.89 bits per heavy atom. The maximum absolute atomic E-state index is 12.5. The van der Waals surface area contributed by atoms with Crippen molar-refractivity contribution in [2.24, 2.45) is 0 Å². The van der Waals surface area contributed by atoms with Gasteiger partial charge in [-0.05, 0) is 18.7 Å². The molecule has 8 nitrogen and oxygen atoms in total. The molecule has 0 aliphatic carbocycles. The van der Waals surface area contributed by atoms with E-state index in [1.807, 2.05) is 23.1 Å². The molecule has 1 aromatic carbocycles. The molecule has 1 unspecified atom stereocenters. The van der Waals surface area contributed by atoms with Crippen LogP contribution in [0.15, 0.2) is 18.2 Å². The highest BCUT2D eigenvalue weighted by atomic mass is 16.6. The largest absolute Gasteiger partial charge is 0.486 e. The number of nitrogens with zero attached hydrogens (tertiary/aromatic N) is 3. The molecule has 3 aliphatic rings. The number of carbonyl (C=O) groups excluding carboxylic acids is 2. The number of amides is 3. The third-order valence-corrected chi connectivity index (χ3v) is 5.40. The van der Waals surface area contributed by atoms with Crippen LogP contribution in [0.4, 0.5) is 10.5 Å². The van der Waals surface area contributed by atoms with Gasteiger partial charge < -0.3 is 29.5 Å². The van der Waals surface area contributed by atoms with E-state index < -0.39 is 0 Å². The zero-order chi connectivity index (χ0) is 18.8. The number of urea groups is 1. The van der Waals surface area contributed by atoms with E-state index >= 15 is 0 Å². The summed E-state index contributed by atoms with van der Waals surface area (Å²) in [6.07, 6.45) is 0.315. The van der Waals surface area contributed by atoms with Gasteiger partial charge in [-0.15, -0.1) is 0 Å². The van der Waals surface area contributed by atoms with Crippen molar-refractivity contribution in [3.05, 3.63) is 18.2 Å². The number of benzene rings is 1. The molecule has 2 saturated heterocycles. The minimum absolute atomic E-state index is 0.00720. The van der Waals surface area contributed by atoms with Crippen LogP contribution in [0.3, 0.4) is 0 Å². The molecule has 27 heavy (non-hydrogen) atoms. The van der Waals surface area contributed by atoms with E-state index in [2.05, 4.69) is 17.1 Å². The molecular formula is C19H26N4O4. The average molecular weight is 374 g/mol. The summed E-state index contributed by atoms with van der Waals surface area (Å²) < 4.78 is 11.1. The molecular weight excluding hydrogens is 348 g/mol. The van der Waals surface area contributed by atoms with Crippen molar-refractivity contribution >= 4 is 17.6 Å². The number of likely N-dealkylation sites (N-methyl/N-ethyl adjacent to an activating group) is 1. The minimum atomic E-state index is -0.178. The molecule has 0 spiro atoms. The Morgan fingerprint density at radius 1 is 1.15 bits per heavy atom. The van der Waals surface area contributed by atoms with E-state index in [0.29, 0.717) is 37.7 Å². The summed E-state index contributed by atoms with van der Waals surface area (Å²) in [7, 11) is 0. The Balaban J connectivity index is 1.36. The van der Waals surface area contributed by atoms with Gasteiger partial charge in [0, 0.05) is 50.9 Å². The third kappa shape index (κ3) is 3.80. The Labute approximate surface area is 159 Å². The summed E-state index contributed by atoms with van der Waals surface area (Å²) >= 11 is 0. The number of hydrogen-bond donors (Lipinski definition) is 1. The van der Waals surface area contributed by atoms with Gasteiger partial charge in [0.25, 0.3) is 0 Å². The van der Waals surface area contributed by atoms with Crippen LogP contribution in [0.1, 0.15) is 13.3 Å². The first kappa shape index (κ1) is 17.9. The SMILES string of the molecule is CCN1CCN(C(=O)NC2CC(=O)N(c3ccc4c(c3)OCCO4)C2)CC1. The quantitative estimate of drug-likeness (QED) is 0.851. The van der Waals surface area contributed by atoms with Gasteiger partial charge in [-0.25, -0.2) is 4.79 Å². The molecule has 4 rings (SSSR count). The third-order valence-electron chi connectivity index (χ3n) is 5.40. The van der Waals surface area contributed by atoms with E-state index in [1.165, 1.54) is 0 Å². The standard InChI is InChI=1S/C19H26N4O4/c1-2-21-5-7-22(8-6-21)19(25)20-14-11-18(24)23(13-14)15-3-4-16-17(12-15)27-10-9-26-16/h3-4,12,14H,2,5-11,13H2,1H3,(H,20,25). The fourth-order valence-electron chi connectivity index (χ4n) is 3.79. The highest BCUT2D eigenvalue weighted by molar-refractivity contribution is 5.97.